The summed E-state index contributed by atoms with van der Waals surface area (Å²) in [6.45, 7) is 1.49. The van der Waals surface area contributed by atoms with Crippen LogP contribution in [0.15, 0.2) is 40.8 Å². The number of carboxylic acids is 1. The lowest BCUT2D eigenvalue weighted by atomic mass is 10.1. The third kappa shape index (κ3) is 3.53. The first-order chi connectivity index (χ1) is 12.5. The van der Waals surface area contributed by atoms with Crippen LogP contribution in [0.3, 0.4) is 0 Å². The maximum Gasteiger partial charge on any atom is 0.371 e. The second-order valence-corrected chi connectivity index (χ2v) is 5.78. The Hall–Kier alpha value is -3.29. The summed E-state index contributed by atoms with van der Waals surface area (Å²) in [4.78, 5) is 39.0. The van der Waals surface area contributed by atoms with E-state index in [0.29, 0.717) is 37.5 Å². The highest BCUT2D eigenvalue weighted by molar-refractivity contribution is 5.95. The summed E-state index contributed by atoms with van der Waals surface area (Å²) in [6, 6.07) is 9.46. The number of piperazine rings is 1. The molecule has 8 heteroatoms. The fourth-order valence-corrected chi connectivity index (χ4v) is 2.75. The van der Waals surface area contributed by atoms with E-state index >= 15 is 0 Å². The van der Waals surface area contributed by atoms with Crippen LogP contribution in [0.25, 0.3) is 0 Å². The molecule has 1 saturated heterocycles. The van der Waals surface area contributed by atoms with Gasteiger partial charge in [-0.2, -0.15) is 0 Å². The molecular weight excluding hydrogens is 340 g/mol. The number of hydrogen-bond acceptors (Lipinski definition) is 5. The SMILES string of the molecule is COc1ccc(C(=O)N2CCN(C(=O)c3ccc(C(=O)O)o3)CC2)cc1. The van der Waals surface area contributed by atoms with Crippen molar-refractivity contribution in [2.75, 3.05) is 33.3 Å². The third-order valence-corrected chi connectivity index (χ3v) is 4.22. The first-order valence-electron chi connectivity index (χ1n) is 8.05. The highest BCUT2D eigenvalue weighted by Gasteiger charge is 2.27. The van der Waals surface area contributed by atoms with Gasteiger partial charge in [0.05, 0.1) is 7.11 Å². The van der Waals surface area contributed by atoms with Crippen LogP contribution >= 0.6 is 0 Å². The van der Waals surface area contributed by atoms with Gasteiger partial charge >= 0.3 is 5.97 Å². The van der Waals surface area contributed by atoms with E-state index in [1.807, 2.05) is 0 Å². The number of aromatic carboxylic acids is 1. The van der Waals surface area contributed by atoms with Gasteiger partial charge in [0.15, 0.2) is 5.76 Å². The van der Waals surface area contributed by atoms with Gasteiger partial charge in [0, 0.05) is 31.7 Å². The number of carbonyl (C=O) groups excluding carboxylic acids is 2. The van der Waals surface area contributed by atoms with Crippen molar-refractivity contribution in [1.82, 2.24) is 9.80 Å². The predicted molar refractivity (Wildman–Crippen MR) is 90.5 cm³/mol. The Bertz CT molecular complexity index is 818. The van der Waals surface area contributed by atoms with Gasteiger partial charge in [-0.15, -0.1) is 0 Å². The van der Waals surface area contributed by atoms with Crippen molar-refractivity contribution in [1.29, 1.82) is 0 Å². The average Bonchev–Trinajstić information content (AvgIpc) is 3.17. The van der Waals surface area contributed by atoms with Gasteiger partial charge < -0.3 is 24.1 Å². The van der Waals surface area contributed by atoms with Crippen molar-refractivity contribution >= 4 is 17.8 Å². The van der Waals surface area contributed by atoms with Crippen molar-refractivity contribution in [2.45, 2.75) is 0 Å². The lowest BCUT2D eigenvalue weighted by Crippen LogP contribution is -2.50. The van der Waals surface area contributed by atoms with Gasteiger partial charge in [0.25, 0.3) is 11.8 Å². The van der Waals surface area contributed by atoms with Crippen LogP contribution in [0.4, 0.5) is 0 Å². The molecule has 1 aromatic heterocycles. The van der Waals surface area contributed by atoms with E-state index in [9.17, 15) is 14.4 Å². The van der Waals surface area contributed by atoms with E-state index in [1.54, 1.807) is 41.2 Å². The molecule has 2 aromatic rings. The van der Waals surface area contributed by atoms with Gasteiger partial charge in [-0.25, -0.2) is 4.79 Å². The molecule has 1 aromatic carbocycles. The van der Waals surface area contributed by atoms with Gasteiger partial charge in [-0.05, 0) is 36.4 Å². The zero-order valence-corrected chi connectivity index (χ0v) is 14.2. The van der Waals surface area contributed by atoms with Crippen molar-refractivity contribution < 1.29 is 28.6 Å². The summed E-state index contributed by atoms with van der Waals surface area (Å²) < 4.78 is 10.1. The molecule has 8 nitrogen and oxygen atoms in total. The summed E-state index contributed by atoms with van der Waals surface area (Å²) in [5.74, 6) is -1.32. The monoisotopic (exact) mass is 358 g/mol. The van der Waals surface area contributed by atoms with E-state index in [4.69, 9.17) is 14.3 Å². The molecule has 1 fully saturated rings. The number of hydrogen-bond donors (Lipinski definition) is 1. The van der Waals surface area contributed by atoms with Gasteiger partial charge in [-0.1, -0.05) is 0 Å². The van der Waals surface area contributed by atoms with Crippen molar-refractivity contribution in [3.8, 4) is 5.75 Å². The molecule has 1 aliphatic heterocycles. The van der Waals surface area contributed by atoms with Gasteiger partial charge in [0.1, 0.15) is 5.75 Å². The summed E-state index contributed by atoms with van der Waals surface area (Å²) in [6.07, 6.45) is 0. The minimum Gasteiger partial charge on any atom is -0.497 e. The number of methoxy groups -OCH3 is 1. The lowest BCUT2D eigenvalue weighted by Gasteiger charge is -2.34. The molecule has 1 N–H and O–H groups in total. The van der Waals surface area contributed by atoms with Crippen LogP contribution in [0.5, 0.6) is 5.75 Å². The van der Waals surface area contributed by atoms with Crippen molar-refractivity contribution in [3.05, 3.63) is 53.5 Å². The average molecular weight is 358 g/mol. The molecule has 26 heavy (non-hydrogen) atoms. The molecule has 0 atom stereocenters. The Kier molecular flexibility index (Phi) is 4.92. The molecule has 0 radical (unpaired) electrons. The number of amides is 2. The molecule has 1 aliphatic rings. The Morgan fingerprint density at radius 3 is 1.92 bits per heavy atom. The number of carboxylic acid groups (broad SMARTS) is 1. The summed E-state index contributed by atoms with van der Waals surface area (Å²) in [5, 5.41) is 8.86. The maximum absolute atomic E-state index is 12.5. The Balaban J connectivity index is 1.60. The van der Waals surface area contributed by atoms with E-state index in [-0.39, 0.29) is 23.3 Å². The molecule has 0 spiro atoms. The van der Waals surface area contributed by atoms with Crippen LogP contribution in [0.1, 0.15) is 31.5 Å². The maximum atomic E-state index is 12.5. The highest BCUT2D eigenvalue weighted by Crippen LogP contribution is 2.16. The summed E-state index contributed by atoms with van der Waals surface area (Å²) >= 11 is 0. The molecule has 0 bridgehead atoms. The largest absolute Gasteiger partial charge is 0.497 e. The second-order valence-electron chi connectivity index (χ2n) is 5.78. The van der Waals surface area contributed by atoms with Crippen LogP contribution in [-0.4, -0.2) is 66.0 Å². The zero-order chi connectivity index (χ0) is 18.7. The van der Waals surface area contributed by atoms with E-state index in [1.165, 1.54) is 12.1 Å². The number of ether oxygens (including phenoxy) is 1. The standard InChI is InChI=1S/C18H18N2O6/c1-25-13-4-2-12(3-5-13)16(21)19-8-10-20(11-9-19)17(22)14-6-7-15(26-14)18(23)24/h2-7H,8-11H2,1H3,(H,23,24). The predicted octanol–water partition coefficient (Wildman–Crippen LogP) is 1.58. The highest BCUT2D eigenvalue weighted by atomic mass is 16.5. The fourth-order valence-electron chi connectivity index (χ4n) is 2.75. The molecular formula is C18H18N2O6. The first-order valence-corrected chi connectivity index (χ1v) is 8.05. The van der Waals surface area contributed by atoms with Crippen LogP contribution < -0.4 is 4.74 Å². The van der Waals surface area contributed by atoms with Crippen molar-refractivity contribution in [2.24, 2.45) is 0 Å². The molecule has 0 unspecified atom stereocenters. The second kappa shape index (κ2) is 7.30. The van der Waals surface area contributed by atoms with Gasteiger partial charge in [0.2, 0.25) is 5.76 Å². The minimum absolute atomic E-state index is 0.0164. The number of benzene rings is 1. The van der Waals surface area contributed by atoms with Crippen LogP contribution in [0, 0.1) is 0 Å². The normalized spacial score (nSPS) is 14.2. The lowest BCUT2D eigenvalue weighted by molar-refractivity contribution is 0.0512. The summed E-state index contributed by atoms with van der Waals surface area (Å²) in [7, 11) is 1.56. The van der Waals surface area contributed by atoms with Crippen molar-refractivity contribution in [3.63, 3.8) is 0 Å². The molecule has 2 heterocycles. The van der Waals surface area contributed by atoms with E-state index in [0.717, 1.165) is 0 Å². The smallest absolute Gasteiger partial charge is 0.371 e. The number of furan rings is 1. The molecule has 3 rings (SSSR count). The molecule has 0 saturated carbocycles. The number of rotatable bonds is 4. The Morgan fingerprint density at radius 1 is 0.885 bits per heavy atom. The Labute approximate surface area is 149 Å². The van der Waals surface area contributed by atoms with E-state index < -0.39 is 5.97 Å². The number of carbonyl (C=O) groups is 3. The van der Waals surface area contributed by atoms with Gasteiger partial charge in [-0.3, -0.25) is 9.59 Å². The third-order valence-electron chi connectivity index (χ3n) is 4.22. The summed E-state index contributed by atoms with van der Waals surface area (Å²) in [5.41, 5.74) is 0.558. The quantitative estimate of drug-likeness (QED) is 0.891. The molecule has 2 amide bonds. The van der Waals surface area contributed by atoms with Crippen LogP contribution in [-0.2, 0) is 0 Å². The number of nitrogens with zero attached hydrogens (tertiary/aromatic N) is 2. The topological polar surface area (TPSA) is 100 Å². The van der Waals surface area contributed by atoms with Crippen LogP contribution in [0.2, 0.25) is 0 Å². The Morgan fingerprint density at radius 2 is 1.42 bits per heavy atom. The zero-order valence-electron chi connectivity index (χ0n) is 14.2. The van der Waals surface area contributed by atoms with E-state index in [2.05, 4.69) is 0 Å². The molecule has 0 aliphatic carbocycles. The minimum atomic E-state index is -1.22. The molecule has 136 valence electrons. The first kappa shape index (κ1) is 17.5. The fraction of sp³-hybridized carbons (Fsp3) is 0.278.